The van der Waals surface area contributed by atoms with Gasteiger partial charge in [0.2, 0.25) is 5.91 Å². The molecule has 0 fully saturated rings. The summed E-state index contributed by atoms with van der Waals surface area (Å²) in [5.74, 6) is 0.451. The van der Waals surface area contributed by atoms with Crippen molar-refractivity contribution in [1.29, 1.82) is 0 Å². The van der Waals surface area contributed by atoms with Gasteiger partial charge in [0.15, 0.2) is 11.7 Å². The molecule has 2 aromatic carbocycles. The van der Waals surface area contributed by atoms with Gasteiger partial charge in [-0.3, -0.25) is 4.79 Å². The van der Waals surface area contributed by atoms with Gasteiger partial charge < -0.3 is 9.32 Å². The van der Waals surface area contributed by atoms with Crippen molar-refractivity contribution < 1.29 is 13.6 Å². The van der Waals surface area contributed by atoms with Crippen LogP contribution in [0.25, 0.3) is 11.3 Å². The molecule has 0 aliphatic heterocycles. The van der Waals surface area contributed by atoms with Crippen LogP contribution >= 0.6 is 0 Å². The Balaban J connectivity index is 1.60. The minimum absolute atomic E-state index is 0.00807. The number of nitrogens with zero attached hydrogens (tertiary/aromatic N) is 2. The number of carbonyl (C=O) groups excluding carboxylic acids is 1. The SMILES string of the molecule is Cc1ccc(C(C)N(C)C(=O)CCc2ncc(-c3ccccc3F)o2)cc1. The standard InChI is InChI=1S/C22H23FN2O2/c1-15-8-10-17(11-9-15)16(2)25(3)22(26)13-12-21-24-14-20(27-21)18-6-4-5-7-19(18)23/h4-11,14,16H,12-13H2,1-3H3. The summed E-state index contributed by atoms with van der Waals surface area (Å²) in [5.41, 5.74) is 2.65. The molecule has 0 saturated carbocycles. The Morgan fingerprint density at radius 1 is 1.19 bits per heavy atom. The van der Waals surface area contributed by atoms with Crippen molar-refractivity contribution in [2.45, 2.75) is 32.7 Å². The van der Waals surface area contributed by atoms with Crippen molar-refractivity contribution in [3.05, 3.63) is 77.6 Å². The highest BCUT2D eigenvalue weighted by molar-refractivity contribution is 5.76. The zero-order valence-corrected chi connectivity index (χ0v) is 15.8. The van der Waals surface area contributed by atoms with Crippen molar-refractivity contribution in [2.24, 2.45) is 0 Å². The smallest absolute Gasteiger partial charge is 0.223 e. The number of hydrogen-bond donors (Lipinski definition) is 0. The van der Waals surface area contributed by atoms with Gasteiger partial charge in [-0.1, -0.05) is 42.0 Å². The first-order valence-corrected chi connectivity index (χ1v) is 8.97. The van der Waals surface area contributed by atoms with Crippen LogP contribution in [-0.4, -0.2) is 22.8 Å². The Labute approximate surface area is 158 Å². The number of rotatable bonds is 6. The van der Waals surface area contributed by atoms with Crippen LogP contribution in [0.2, 0.25) is 0 Å². The minimum Gasteiger partial charge on any atom is -0.441 e. The summed E-state index contributed by atoms with van der Waals surface area (Å²) in [5, 5.41) is 0. The van der Waals surface area contributed by atoms with Gasteiger partial charge in [0.1, 0.15) is 5.82 Å². The third-order valence-corrected chi connectivity index (χ3v) is 4.78. The predicted molar refractivity (Wildman–Crippen MR) is 103 cm³/mol. The van der Waals surface area contributed by atoms with E-state index in [1.807, 2.05) is 38.1 Å². The molecule has 0 radical (unpaired) electrons. The van der Waals surface area contributed by atoms with E-state index in [-0.39, 0.29) is 24.2 Å². The van der Waals surface area contributed by atoms with E-state index in [9.17, 15) is 9.18 Å². The molecule has 1 unspecified atom stereocenters. The molecule has 1 amide bonds. The molecule has 1 aromatic heterocycles. The topological polar surface area (TPSA) is 46.3 Å². The van der Waals surface area contributed by atoms with Crippen LogP contribution < -0.4 is 0 Å². The van der Waals surface area contributed by atoms with E-state index >= 15 is 0 Å². The summed E-state index contributed by atoms with van der Waals surface area (Å²) in [7, 11) is 1.80. The van der Waals surface area contributed by atoms with Crippen LogP contribution in [0.1, 0.15) is 36.4 Å². The molecule has 3 aromatic rings. The van der Waals surface area contributed by atoms with Gasteiger partial charge in [0.05, 0.1) is 17.8 Å². The van der Waals surface area contributed by atoms with Gasteiger partial charge in [0, 0.05) is 19.9 Å². The summed E-state index contributed by atoms with van der Waals surface area (Å²) < 4.78 is 19.4. The fourth-order valence-electron chi connectivity index (χ4n) is 2.89. The maximum Gasteiger partial charge on any atom is 0.223 e. The number of aryl methyl sites for hydroxylation is 2. The van der Waals surface area contributed by atoms with E-state index in [1.165, 1.54) is 17.8 Å². The van der Waals surface area contributed by atoms with Gasteiger partial charge in [0.25, 0.3) is 0 Å². The van der Waals surface area contributed by atoms with E-state index < -0.39 is 0 Å². The van der Waals surface area contributed by atoms with Crippen LogP contribution in [-0.2, 0) is 11.2 Å². The Morgan fingerprint density at radius 3 is 2.59 bits per heavy atom. The van der Waals surface area contributed by atoms with Gasteiger partial charge in [-0.2, -0.15) is 0 Å². The van der Waals surface area contributed by atoms with E-state index in [1.54, 1.807) is 30.1 Å². The number of oxazole rings is 1. The zero-order valence-electron chi connectivity index (χ0n) is 15.8. The molecule has 0 bridgehead atoms. The number of amides is 1. The van der Waals surface area contributed by atoms with Crippen LogP contribution in [0.5, 0.6) is 0 Å². The maximum atomic E-state index is 13.8. The number of benzene rings is 2. The molecule has 1 heterocycles. The Hall–Kier alpha value is -2.95. The van der Waals surface area contributed by atoms with Crippen LogP contribution in [0.3, 0.4) is 0 Å². The summed E-state index contributed by atoms with van der Waals surface area (Å²) in [6.07, 6.45) is 2.15. The normalized spacial score (nSPS) is 12.0. The fourth-order valence-corrected chi connectivity index (χ4v) is 2.89. The lowest BCUT2D eigenvalue weighted by molar-refractivity contribution is -0.131. The third-order valence-electron chi connectivity index (χ3n) is 4.78. The van der Waals surface area contributed by atoms with E-state index in [4.69, 9.17) is 4.42 Å². The first kappa shape index (κ1) is 18.8. The fraction of sp³-hybridized carbons (Fsp3) is 0.273. The van der Waals surface area contributed by atoms with Crippen LogP contribution in [0.15, 0.2) is 59.1 Å². The molecule has 5 heteroatoms. The third kappa shape index (κ3) is 4.42. The average molecular weight is 366 g/mol. The van der Waals surface area contributed by atoms with E-state index in [2.05, 4.69) is 4.98 Å². The second-order valence-electron chi connectivity index (χ2n) is 6.69. The number of carbonyl (C=O) groups is 1. The second kappa shape index (κ2) is 8.16. The van der Waals surface area contributed by atoms with Gasteiger partial charge in [-0.15, -0.1) is 0 Å². The van der Waals surface area contributed by atoms with Crippen LogP contribution in [0, 0.1) is 12.7 Å². The molecule has 27 heavy (non-hydrogen) atoms. The maximum absolute atomic E-state index is 13.8. The zero-order chi connectivity index (χ0) is 19.4. The Kier molecular flexibility index (Phi) is 5.69. The number of aromatic nitrogens is 1. The van der Waals surface area contributed by atoms with E-state index in [0.29, 0.717) is 23.6 Å². The monoisotopic (exact) mass is 366 g/mol. The van der Waals surface area contributed by atoms with Crippen molar-refractivity contribution in [3.63, 3.8) is 0 Å². The molecule has 0 aliphatic carbocycles. The Morgan fingerprint density at radius 2 is 1.89 bits per heavy atom. The number of halogens is 1. The first-order chi connectivity index (χ1) is 13.0. The quantitative estimate of drug-likeness (QED) is 0.621. The molecule has 0 N–H and O–H groups in total. The average Bonchev–Trinajstić information content (AvgIpc) is 3.14. The molecule has 0 aliphatic rings. The molecule has 0 spiro atoms. The van der Waals surface area contributed by atoms with Crippen molar-refractivity contribution in [1.82, 2.24) is 9.88 Å². The lowest BCUT2D eigenvalue weighted by Gasteiger charge is -2.25. The summed E-state index contributed by atoms with van der Waals surface area (Å²) in [4.78, 5) is 18.4. The summed E-state index contributed by atoms with van der Waals surface area (Å²) in [6.45, 7) is 4.04. The van der Waals surface area contributed by atoms with Crippen LogP contribution in [0.4, 0.5) is 4.39 Å². The second-order valence-corrected chi connectivity index (χ2v) is 6.69. The minimum atomic E-state index is -0.358. The van der Waals surface area contributed by atoms with E-state index in [0.717, 1.165) is 5.56 Å². The molecule has 1 atom stereocenters. The van der Waals surface area contributed by atoms with Crippen molar-refractivity contribution in [2.75, 3.05) is 7.05 Å². The molecule has 140 valence electrons. The molecule has 4 nitrogen and oxygen atoms in total. The Bertz CT molecular complexity index is 918. The number of hydrogen-bond acceptors (Lipinski definition) is 3. The predicted octanol–water partition coefficient (Wildman–Crippen LogP) is 4.94. The first-order valence-electron chi connectivity index (χ1n) is 8.97. The van der Waals surface area contributed by atoms with Gasteiger partial charge in [-0.25, -0.2) is 9.37 Å². The highest BCUT2D eigenvalue weighted by atomic mass is 19.1. The lowest BCUT2D eigenvalue weighted by Crippen LogP contribution is -2.29. The summed E-state index contributed by atoms with van der Waals surface area (Å²) >= 11 is 0. The van der Waals surface area contributed by atoms with Crippen molar-refractivity contribution >= 4 is 5.91 Å². The van der Waals surface area contributed by atoms with Gasteiger partial charge in [-0.05, 0) is 31.5 Å². The largest absolute Gasteiger partial charge is 0.441 e. The van der Waals surface area contributed by atoms with Gasteiger partial charge >= 0.3 is 0 Å². The molecular weight excluding hydrogens is 343 g/mol. The highest BCUT2D eigenvalue weighted by Crippen LogP contribution is 2.24. The molecular formula is C22H23FN2O2. The molecule has 0 saturated heterocycles. The highest BCUT2D eigenvalue weighted by Gasteiger charge is 2.18. The lowest BCUT2D eigenvalue weighted by atomic mass is 10.1. The van der Waals surface area contributed by atoms with Crippen molar-refractivity contribution in [3.8, 4) is 11.3 Å². The summed E-state index contributed by atoms with van der Waals surface area (Å²) in [6, 6.07) is 14.5. The molecule has 3 rings (SSSR count).